The molecule has 0 amide bonds. The van der Waals surface area contributed by atoms with Gasteiger partial charge in [0.05, 0.1) is 19.7 Å². The molecule has 108 valence electrons. The molecule has 0 aliphatic heterocycles. The van der Waals surface area contributed by atoms with Gasteiger partial charge in [0, 0.05) is 17.0 Å². The Kier molecular flexibility index (Phi) is 4.13. The summed E-state index contributed by atoms with van der Waals surface area (Å²) in [6, 6.07) is 3.23. The van der Waals surface area contributed by atoms with Gasteiger partial charge in [-0.1, -0.05) is 0 Å². The molecule has 0 aliphatic rings. The van der Waals surface area contributed by atoms with E-state index in [0.29, 0.717) is 27.3 Å². The maximum absolute atomic E-state index is 12.5. The van der Waals surface area contributed by atoms with E-state index in [0.717, 1.165) is 5.75 Å². The van der Waals surface area contributed by atoms with Gasteiger partial charge in [-0.25, -0.2) is 0 Å². The lowest BCUT2D eigenvalue weighted by atomic mass is 10.2. The van der Waals surface area contributed by atoms with Gasteiger partial charge in [-0.2, -0.15) is 0 Å². The molecule has 1 N–H and O–H groups in total. The molecule has 1 unspecified atom stereocenters. The second kappa shape index (κ2) is 5.66. The van der Waals surface area contributed by atoms with Crippen LogP contribution in [0.2, 0.25) is 0 Å². The van der Waals surface area contributed by atoms with Crippen LogP contribution in [-0.4, -0.2) is 31.2 Å². The molecule has 0 saturated carbocycles. The van der Waals surface area contributed by atoms with Crippen LogP contribution in [0.1, 0.15) is 6.92 Å². The first-order valence-corrected chi connectivity index (χ1v) is 7.95. The number of nitrogens with one attached hydrogen (secondary N) is 1. The van der Waals surface area contributed by atoms with Crippen LogP contribution in [0.3, 0.4) is 0 Å². The van der Waals surface area contributed by atoms with Gasteiger partial charge in [-0.05, 0) is 24.1 Å². The Bertz CT molecular complexity index is 696. The quantitative estimate of drug-likeness (QED) is 0.861. The number of ether oxygens (including phenoxy) is 2. The summed E-state index contributed by atoms with van der Waals surface area (Å²) in [7, 11) is 2.66. The molecule has 0 bridgehead atoms. The number of methoxy groups -OCH3 is 2. The molecule has 1 aromatic carbocycles. The van der Waals surface area contributed by atoms with Gasteiger partial charge < -0.3 is 19.6 Å². The lowest BCUT2D eigenvalue weighted by molar-refractivity contribution is -0.270. The number of rotatable bonds is 4. The van der Waals surface area contributed by atoms with Crippen molar-refractivity contribution in [3.8, 4) is 17.2 Å². The van der Waals surface area contributed by atoms with Crippen molar-refractivity contribution in [3.05, 3.63) is 22.5 Å². The van der Waals surface area contributed by atoms with E-state index in [9.17, 15) is 9.90 Å². The Morgan fingerprint density at radius 3 is 2.40 bits per heavy atom. The number of hydrogen-bond donors (Lipinski definition) is 1. The summed E-state index contributed by atoms with van der Waals surface area (Å²) in [6.07, 6.45) is 1.90. The summed E-state index contributed by atoms with van der Waals surface area (Å²) >= 11 is 0. The summed E-state index contributed by atoms with van der Waals surface area (Å²) in [5, 5.41) is 13.0. The van der Waals surface area contributed by atoms with Gasteiger partial charge in [0.25, 0.3) is 0 Å². The number of benzene rings is 1. The SMILES string of the molecule is CC[S+](C)c1c([O-])c2cc(OC)c(OC)cc2[nH]c1=O. The Hall–Kier alpha value is -1.82. The van der Waals surface area contributed by atoms with Crippen molar-refractivity contribution < 1.29 is 14.6 Å². The van der Waals surface area contributed by atoms with E-state index < -0.39 is 0 Å². The summed E-state index contributed by atoms with van der Waals surface area (Å²) < 4.78 is 10.4. The Balaban J connectivity index is 2.81. The molecule has 6 heteroatoms. The monoisotopic (exact) mass is 295 g/mol. The summed E-state index contributed by atoms with van der Waals surface area (Å²) in [5.74, 6) is 1.49. The van der Waals surface area contributed by atoms with E-state index >= 15 is 0 Å². The van der Waals surface area contributed by atoms with Crippen molar-refractivity contribution in [3.63, 3.8) is 0 Å². The van der Waals surface area contributed by atoms with Crippen LogP contribution in [0.25, 0.3) is 10.9 Å². The molecule has 1 atom stereocenters. The van der Waals surface area contributed by atoms with E-state index in [4.69, 9.17) is 9.47 Å². The first kappa shape index (κ1) is 14.6. The van der Waals surface area contributed by atoms with Gasteiger partial charge in [-0.15, -0.1) is 0 Å². The number of H-pyrrole nitrogens is 1. The molecule has 1 aromatic heterocycles. The fraction of sp³-hybridized carbons (Fsp3) is 0.357. The highest BCUT2D eigenvalue weighted by Gasteiger charge is 2.21. The van der Waals surface area contributed by atoms with E-state index in [2.05, 4.69) is 4.98 Å². The second-order valence-corrected chi connectivity index (χ2v) is 6.55. The number of hydrogen-bond acceptors (Lipinski definition) is 4. The second-order valence-electron chi connectivity index (χ2n) is 4.29. The fourth-order valence-corrected chi connectivity index (χ4v) is 3.12. The predicted octanol–water partition coefficient (Wildman–Crippen LogP) is 1.25. The number of pyridine rings is 1. The standard InChI is InChI=1S/C14H17NO4S/c1-5-20(4)13-12(16)8-6-10(18-2)11(19-3)7-9(8)15-14(13)17/h6-7H,5H2,1-4H3,(H-,15,16,17). The molecular formula is C14H17NO4S. The predicted molar refractivity (Wildman–Crippen MR) is 79.2 cm³/mol. The minimum Gasteiger partial charge on any atom is -0.868 e. The topological polar surface area (TPSA) is 74.4 Å². The zero-order valence-electron chi connectivity index (χ0n) is 11.9. The Labute approximate surface area is 119 Å². The zero-order valence-corrected chi connectivity index (χ0v) is 12.7. The average molecular weight is 295 g/mol. The Morgan fingerprint density at radius 2 is 1.85 bits per heavy atom. The molecule has 0 fully saturated rings. The normalized spacial score (nSPS) is 12.4. The third-order valence-corrected chi connectivity index (χ3v) is 5.14. The van der Waals surface area contributed by atoms with Gasteiger partial charge in [0.2, 0.25) is 4.90 Å². The van der Waals surface area contributed by atoms with Gasteiger partial charge >= 0.3 is 5.56 Å². The van der Waals surface area contributed by atoms with E-state index in [1.807, 2.05) is 13.2 Å². The minimum absolute atomic E-state index is 0.225. The van der Waals surface area contributed by atoms with Crippen LogP contribution in [0, 0.1) is 0 Å². The Morgan fingerprint density at radius 1 is 1.25 bits per heavy atom. The van der Waals surface area contributed by atoms with Crippen LogP contribution in [0.15, 0.2) is 21.8 Å². The van der Waals surface area contributed by atoms with Crippen LogP contribution in [-0.2, 0) is 10.9 Å². The summed E-state index contributed by atoms with van der Waals surface area (Å²) in [5.41, 5.74) is 0.150. The highest BCUT2D eigenvalue weighted by atomic mass is 32.2. The first-order chi connectivity index (χ1) is 9.53. The third kappa shape index (κ3) is 2.31. The van der Waals surface area contributed by atoms with Crippen molar-refractivity contribution in [2.45, 2.75) is 11.8 Å². The molecular weight excluding hydrogens is 278 g/mol. The lowest BCUT2D eigenvalue weighted by Crippen LogP contribution is -2.21. The average Bonchev–Trinajstić information content (AvgIpc) is 2.45. The van der Waals surface area contributed by atoms with Crippen LogP contribution >= 0.6 is 0 Å². The van der Waals surface area contributed by atoms with Crippen molar-refractivity contribution in [2.75, 3.05) is 26.2 Å². The molecule has 5 nitrogen and oxygen atoms in total. The smallest absolute Gasteiger partial charge is 0.303 e. The zero-order chi connectivity index (χ0) is 14.9. The lowest BCUT2D eigenvalue weighted by Gasteiger charge is -2.16. The van der Waals surface area contributed by atoms with Gasteiger partial charge in [0.15, 0.2) is 11.5 Å². The fourth-order valence-electron chi connectivity index (χ4n) is 2.04. The van der Waals surface area contributed by atoms with Crippen LogP contribution < -0.4 is 20.1 Å². The molecule has 2 aromatic rings. The van der Waals surface area contributed by atoms with Crippen molar-refractivity contribution in [1.29, 1.82) is 0 Å². The first-order valence-electron chi connectivity index (χ1n) is 6.15. The third-order valence-electron chi connectivity index (χ3n) is 3.21. The van der Waals surface area contributed by atoms with E-state index in [-0.39, 0.29) is 22.2 Å². The number of aromatic nitrogens is 1. The highest BCUT2D eigenvalue weighted by molar-refractivity contribution is 7.96. The summed E-state index contributed by atoms with van der Waals surface area (Å²) in [6.45, 7) is 1.96. The van der Waals surface area contributed by atoms with Crippen molar-refractivity contribution >= 4 is 21.8 Å². The molecule has 0 spiro atoms. The largest absolute Gasteiger partial charge is 0.868 e. The molecule has 0 aliphatic carbocycles. The molecule has 2 rings (SSSR count). The molecule has 0 saturated heterocycles. The maximum atomic E-state index is 12.5. The van der Waals surface area contributed by atoms with Crippen molar-refractivity contribution in [2.24, 2.45) is 0 Å². The van der Waals surface area contributed by atoms with Crippen LogP contribution in [0.5, 0.6) is 17.2 Å². The number of aromatic amines is 1. The van der Waals surface area contributed by atoms with Crippen LogP contribution in [0.4, 0.5) is 0 Å². The van der Waals surface area contributed by atoms with E-state index in [1.54, 1.807) is 12.1 Å². The molecule has 20 heavy (non-hydrogen) atoms. The minimum atomic E-state index is -0.364. The van der Waals surface area contributed by atoms with Gasteiger partial charge in [-0.3, -0.25) is 4.79 Å². The van der Waals surface area contributed by atoms with E-state index in [1.165, 1.54) is 14.2 Å². The number of fused-ring (bicyclic) bond motifs is 1. The molecule has 1 heterocycles. The van der Waals surface area contributed by atoms with Gasteiger partial charge in [0.1, 0.15) is 12.0 Å². The highest BCUT2D eigenvalue weighted by Crippen LogP contribution is 2.35. The maximum Gasteiger partial charge on any atom is 0.303 e. The molecule has 0 radical (unpaired) electrons. The summed E-state index contributed by atoms with van der Waals surface area (Å²) in [4.78, 5) is 15.2. The van der Waals surface area contributed by atoms with Crippen molar-refractivity contribution in [1.82, 2.24) is 4.98 Å².